The number of carbonyl (C=O) groups excluding carboxylic acids is 2. The zero-order chi connectivity index (χ0) is 22.5. The number of aryl methyl sites for hydroxylation is 1. The molecule has 1 saturated carbocycles. The number of nitrogens with zero attached hydrogens (tertiary/aromatic N) is 2. The van der Waals surface area contributed by atoms with Gasteiger partial charge in [-0.2, -0.15) is 0 Å². The highest BCUT2D eigenvalue weighted by Gasteiger charge is 2.36. The van der Waals surface area contributed by atoms with E-state index < -0.39 is 25.9 Å². The lowest BCUT2D eigenvalue weighted by Gasteiger charge is -2.36. The molecule has 0 radical (unpaired) electrons. The van der Waals surface area contributed by atoms with Gasteiger partial charge in [-0.05, 0) is 53.0 Å². The number of amides is 2. The maximum Gasteiger partial charge on any atom is 0.407 e. The van der Waals surface area contributed by atoms with E-state index in [-0.39, 0.29) is 18.0 Å². The fourth-order valence-corrected chi connectivity index (χ4v) is 4.87. The van der Waals surface area contributed by atoms with Crippen molar-refractivity contribution in [2.45, 2.75) is 96.2 Å². The third-order valence-corrected chi connectivity index (χ3v) is 7.54. The van der Waals surface area contributed by atoms with Gasteiger partial charge in [-0.15, -0.1) is 21.5 Å². The highest BCUT2D eigenvalue weighted by Crippen LogP contribution is 2.34. The maximum absolute atomic E-state index is 12.4. The zero-order valence-electron chi connectivity index (χ0n) is 19.2. The van der Waals surface area contributed by atoms with Crippen LogP contribution in [0.1, 0.15) is 56.0 Å². The smallest absolute Gasteiger partial charge is 0.407 e. The Balaban J connectivity index is 2.01. The van der Waals surface area contributed by atoms with E-state index in [2.05, 4.69) is 40.5 Å². The highest BCUT2D eigenvalue weighted by molar-refractivity contribution is 7.11. The van der Waals surface area contributed by atoms with Gasteiger partial charge in [0, 0.05) is 14.0 Å². The van der Waals surface area contributed by atoms with Gasteiger partial charge in [0.1, 0.15) is 15.6 Å². The summed E-state index contributed by atoms with van der Waals surface area (Å²) in [6.07, 6.45) is 1.32. The molecule has 2 rings (SSSR count). The number of alkyl carbamates (subject to hydrolysis) is 2. The summed E-state index contributed by atoms with van der Waals surface area (Å²) in [7, 11) is -1.27. The van der Waals surface area contributed by atoms with Crippen molar-refractivity contribution in [1.29, 1.82) is 0 Å². The molecule has 0 unspecified atom stereocenters. The van der Waals surface area contributed by atoms with Crippen LogP contribution in [0.15, 0.2) is 0 Å². The molecule has 1 heterocycles. The van der Waals surface area contributed by atoms with Crippen molar-refractivity contribution in [3.05, 3.63) is 10.0 Å². The average molecular weight is 457 g/mol. The van der Waals surface area contributed by atoms with Crippen molar-refractivity contribution in [3.8, 4) is 0 Å². The van der Waals surface area contributed by atoms with Crippen LogP contribution in [0, 0.1) is 6.92 Å². The van der Waals surface area contributed by atoms with Crippen LogP contribution in [0.2, 0.25) is 25.7 Å². The van der Waals surface area contributed by atoms with E-state index in [4.69, 9.17) is 9.47 Å². The summed E-state index contributed by atoms with van der Waals surface area (Å²) in [6, 6.07) is 0.429. The molecule has 1 aliphatic carbocycles. The molecule has 2 amide bonds. The SMILES string of the molecule is Cc1nnc([C@H]2CC[C@H](NC(=O)OCC[Si](C)(C)C)[C@H](NC(=O)OC(C)(C)C)C2)s1. The number of rotatable bonds is 6. The van der Waals surface area contributed by atoms with E-state index in [0.717, 1.165) is 22.5 Å². The Hall–Kier alpha value is -1.68. The first-order valence-corrected chi connectivity index (χ1v) is 15.1. The van der Waals surface area contributed by atoms with Gasteiger partial charge in [-0.3, -0.25) is 0 Å². The first-order valence-electron chi connectivity index (χ1n) is 10.6. The molecule has 0 aliphatic heterocycles. The van der Waals surface area contributed by atoms with Gasteiger partial charge in [0.25, 0.3) is 0 Å². The molecule has 3 atom stereocenters. The minimum atomic E-state index is -1.27. The van der Waals surface area contributed by atoms with Crippen LogP contribution in [-0.2, 0) is 9.47 Å². The number of aromatic nitrogens is 2. The summed E-state index contributed by atoms with van der Waals surface area (Å²) in [6.45, 7) is 14.6. The molecule has 8 nitrogen and oxygen atoms in total. The monoisotopic (exact) mass is 456 g/mol. The van der Waals surface area contributed by atoms with Gasteiger partial charge in [-0.25, -0.2) is 9.59 Å². The highest BCUT2D eigenvalue weighted by atomic mass is 32.1. The van der Waals surface area contributed by atoms with Crippen molar-refractivity contribution in [1.82, 2.24) is 20.8 Å². The van der Waals surface area contributed by atoms with Crippen molar-refractivity contribution >= 4 is 31.6 Å². The molecular formula is C20H36N4O4SSi. The lowest BCUT2D eigenvalue weighted by Crippen LogP contribution is -2.55. The van der Waals surface area contributed by atoms with E-state index in [9.17, 15) is 9.59 Å². The molecule has 1 fully saturated rings. The topological polar surface area (TPSA) is 102 Å². The maximum atomic E-state index is 12.4. The summed E-state index contributed by atoms with van der Waals surface area (Å²) in [5.41, 5.74) is -0.590. The second-order valence-electron chi connectivity index (χ2n) is 10.1. The summed E-state index contributed by atoms with van der Waals surface area (Å²) >= 11 is 1.58. The summed E-state index contributed by atoms with van der Waals surface area (Å²) in [5.74, 6) is 0.192. The van der Waals surface area contributed by atoms with E-state index in [1.165, 1.54) is 0 Å². The Morgan fingerprint density at radius 1 is 1.10 bits per heavy atom. The van der Waals surface area contributed by atoms with Crippen LogP contribution in [0.3, 0.4) is 0 Å². The Morgan fingerprint density at radius 2 is 1.77 bits per heavy atom. The lowest BCUT2D eigenvalue weighted by molar-refractivity contribution is 0.0471. The third-order valence-electron chi connectivity index (χ3n) is 4.83. The number of carbonyl (C=O) groups is 2. The van der Waals surface area contributed by atoms with Crippen molar-refractivity contribution in [2.24, 2.45) is 0 Å². The molecule has 0 bridgehead atoms. The summed E-state index contributed by atoms with van der Waals surface area (Å²) < 4.78 is 10.8. The van der Waals surface area contributed by atoms with Gasteiger partial charge < -0.3 is 20.1 Å². The van der Waals surface area contributed by atoms with E-state index in [1.807, 2.05) is 27.7 Å². The summed E-state index contributed by atoms with van der Waals surface area (Å²) in [5, 5.41) is 16.2. The van der Waals surface area contributed by atoms with Crippen LogP contribution in [0.4, 0.5) is 9.59 Å². The van der Waals surface area contributed by atoms with Crippen LogP contribution in [0.5, 0.6) is 0 Å². The van der Waals surface area contributed by atoms with Gasteiger partial charge in [-0.1, -0.05) is 19.6 Å². The zero-order valence-corrected chi connectivity index (χ0v) is 21.0. The van der Waals surface area contributed by atoms with Crippen LogP contribution >= 0.6 is 11.3 Å². The van der Waals surface area contributed by atoms with Crippen LogP contribution in [0.25, 0.3) is 0 Å². The Bertz CT molecular complexity index is 729. The van der Waals surface area contributed by atoms with Crippen molar-refractivity contribution in [2.75, 3.05) is 6.61 Å². The molecule has 0 aromatic carbocycles. The second-order valence-corrected chi connectivity index (χ2v) is 17.0. The van der Waals surface area contributed by atoms with E-state index in [0.29, 0.717) is 19.4 Å². The number of nitrogens with one attached hydrogen (secondary N) is 2. The number of ether oxygens (including phenoxy) is 2. The minimum absolute atomic E-state index is 0.192. The molecule has 1 aliphatic rings. The largest absolute Gasteiger partial charge is 0.450 e. The fraction of sp³-hybridized carbons (Fsp3) is 0.800. The van der Waals surface area contributed by atoms with Crippen molar-refractivity contribution < 1.29 is 19.1 Å². The van der Waals surface area contributed by atoms with Gasteiger partial charge >= 0.3 is 12.2 Å². The van der Waals surface area contributed by atoms with Crippen LogP contribution < -0.4 is 10.6 Å². The normalized spacial score (nSPS) is 22.3. The van der Waals surface area contributed by atoms with E-state index in [1.54, 1.807) is 11.3 Å². The minimum Gasteiger partial charge on any atom is -0.450 e. The molecule has 1 aromatic heterocycles. The number of hydrogen-bond acceptors (Lipinski definition) is 7. The molecule has 0 spiro atoms. The van der Waals surface area contributed by atoms with Crippen LogP contribution in [-0.4, -0.2) is 54.7 Å². The third kappa shape index (κ3) is 8.59. The fourth-order valence-electron chi connectivity index (χ4n) is 3.31. The lowest BCUT2D eigenvalue weighted by atomic mass is 9.82. The van der Waals surface area contributed by atoms with Gasteiger partial charge in [0.15, 0.2) is 0 Å². The predicted octanol–water partition coefficient (Wildman–Crippen LogP) is 4.44. The van der Waals surface area contributed by atoms with Crippen molar-refractivity contribution in [3.63, 3.8) is 0 Å². The molecule has 0 saturated heterocycles. The first kappa shape index (κ1) is 24.6. The van der Waals surface area contributed by atoms with E-state index >= 15 is 0 Å². The Morgan fingerprint density at radius 3 is 2.33 bits per heavy atom. The second kappa shape index (κ2) is 10.1. The molecule has 2 N–H and O–H groups in total. The Labute approximate surface area is 184 Å². The average Bonchev–Trinajstić information content (AvgIpc) is 3.00. The first-order chi connectivity index (χ1) is 13.8. The molecule has 10 heteroatoms. The molecule has 30 heavy (non-hydrogen) atoms. The predicted molar refractivity (Wildman–Crippen MR) is 121 cm³/mol. The summed E-state index contributed by atoms with van der Waals surface area (Å²) in [4.78, 5) is 24.7. The van der Waals surface area contributed by atoms with Gasteiger partial charge in [0.2, 0.25) is 0 Å². The standard InChI is InChI=1S/C20H36N4O4SSi/c1-13-23-24-17(29-13)14-8-9-15(21-18(25)27-10-11-30(5,6)7)16(12-14)22-19(26)28-20(2,3)4/h14-16H,8-12H2,1-7H3,(H,21,25)(H,22,26)/t14-,15-,16+/m0/s1. The quantitative estimate of drug-likeness (QED) is 0.614. The molecule has 1 aromatic rings. The molecule has 170 valence electrons. The Kier molecular flexibility index (Phi) is 8.26. The van der Waals surface area contributed by atoms with Gasteiger partial charge in [0.05, 0.1) is 18.7 Å². The number of hydrogen-bond donors (Lipinski definition) is 2. The molecular weight excluding hydrogens is 420 g/mol.